The highest BCUT2D eigenvalue weighted by Gasteiger charge is 2.23. The third-order valence-electron chi connectivity index (χ3n) is 3.95. The van der Waals surface area contributed by atoms with Gasteiger partial charge in [-0.25, -0.2) is 0 Å². The summed E-state index contributed by atoms with van der Waals surface area (Å²) in [4.78, 5) is 0. The number of aromatic nitrogens is 3. The lowest BCUT2D eigenvalue weighted by Crippen LogP contribution is -2.28. The number of rotatable bonds is 2. The largest absolute Gasteiger partial charge is 0.317 e. The number of nitrogens with one attached hydrogen (secondary N) is 1. The molecule has 3 rings (SSSR count). The van der Waals surface area contributed by atoms with Crippen molar-refractivity contribution in [3.8, 4) is 5.69 Å². The molecule has 0 saturated carbocycles. The van der Waals surface area contributed by atoms with Crippen molar-refractivity contribution in [1.82, 2.24) is 20.1 Å². The Labute approximate surface area is 124 Å². The third-order valence-corrected chi connectivity index (χ3v) is 4.19. The maximum Gasteiger partial charge on any atom is 0.140 e. The molecule has 1 aliphatic heterocycles. The minimum Gasteiger partial charge on any atom is -0.317 e. The fourth-order valence-electron chi connectivity index (χ4n) is 2.89. The molecule has 0 amide bonds. The van der Waals surface area contributed by atoms with Crippen molar-refractivity contribution in [3.63, 3.8) is 0 Å². The van der Waals surface area contributed by atoms with Gasteiger partial charge in [0.15, 0.2) is 0 Å². The van der Waals surface area contributed by atoms with E-state index in [2.05, 4.69) is 33.1 Å². The van der Waals surface area contributed by atoms with Crippen LogP contribution in [0, 0.1) is 13.8 Å². The zero-order valence-electron chi connectivity index (χ0n) is 11.9. The van der Waals surface area contributed by atoms with Gasteiger partial charge >= 0.3 is 0 Å². The van der Waals surface area contributed by atoms with Gasteiger partial charge in [0, 0.05) is 10.9 Å². The van der Waals surface area contributed by atoms with Crippen molar-refractivity contribution >= 4 is 11.6 Å². The highest BCUT2D eigenvalue weighted by Crippen LogP contribution is 2.28. The van der Waals surface area contributed by atoms with Gasteiger partial charge < -0.3 is 5.32 Å². The second-order valence-electron chi connectivity index (χ2n) is 5.40. The van der Waals surface area contributed by atoms with E-state index in [9.17, 15) is 0 Å². The van der Waals surface area contributed by atoms with Gasteiger partial charge in [0.25, 0.3) is 0 Å². The van der Waals surface area contributed by atoms with Crippen LogP contribution in [0.3, 0.4) is 0 Å². The van der Waals surface area contributed by atoms with E-state index in [-0.39, 0.29) is 0 Å². The lowest BCUT2D eigenvalue weighted by molar-refractivity contribution is 0.440. The van der Waals surface area contributed by atoms with Crippen LogP contribution in [0.5, 0.6) is 0 Å². The van der Waals surface area contributed by atoms with Crippen molar-refractivity contribution in [2.24, 2.45) is 0 Å². The van der Waals surface area contributed by atoms with Crippen molar-refractivity contribution in [3.05, 3.63) is 40.4 Å². The van der Waals surface area contributed by atoms with Crippen molar-refractivity contribution in [2.45, 2.75) is 32.6 Å². The molecule has 2 heterocycles. The molecule has 0 radical (unpaired) electrons. The minimum absolute atomic E-state index is 0.479. The van der Waals surface area contributed by atoms with Crippen LogP contribution < -0.4 is 5.32 Å². The van der Waals surface area contributed by atoms with Crippen LogP contribution in [0.2, 0.25) is 5.02 Å². The lowest BCUT2D eigenvalue weighted by atomic mass is 9.97. The first kappa shape index (κ1) is 13.6. The van der Waals surface area contributed by atoms with E-state index in [1.807, 2.05) is 19.1 Å². The van der Waals surface area contributed by atoms with Crippen LogP contribution in [-0.4, -0.2) is 27.9 Å². The third kappa shape index (κ3) is 2.45. The van der Waals surface area contributed by atoms with Crippen molar-refractivity contribution in [1.29, 1.82) is 0 Å². The topological polar surface area (TPSA) is 42.7 Å². The monoisotopic (exact) mass is 290 g/mol. The molecule has 1 N–H and O–H groups in total. The van der Waals surface area contributed by atoms with Gasteiger partial charge in [-0.3, -0.25) is 4.57 Å². The summed E-state index contributed by atoms with van der Waals surface area (Å²) in [7, 11) is 0. The molecule has 1 saturated heterocycles. The predicted molar refractivity (Wildman–Crippen MR) is 80.7 cm³/mol. The summed E-state index contributed by atoms with van der Waals surface area (Å²) in [5.41, 5.74) is 2.28. The van der Waals surface area contributed by atoms with Gasteiger partial charge in [-0.2, -0.15) is 0 Å². The molecular formula is C15H19ClN4. The zero-order valence-corrected chi connectivity index (χ0v) is 12.6. The summed E-state index contributed by atoms with van der Waals surface area (Å²) in [6, 6.07) is 5.97. The fourth-order valence-corrected chi connectivity index (χ4v) is 3.12. The van der Waals surface area contributed by atoms with Crippen LogP contribution in [-0.2, 0) is 0 Å². The first-order valence-corrected chi connectivity index (χ1v) is 7.44. The predicted octanol–water partition coefficient (Wildman–Crippen LogP) is 3.00. The van der Waals surface area contributed by atoms with Crippen LogP contribution in [0.4, 0.5) is 0 Å². The maximum absolute atomic E-state index is 6.06. The molecule has 4 nitrogen and oxygen atoms in total. The minimum atomic E-state index is 0.479. The summed E-state index contributed by atoms with van der Waals surface area (Å²) in [6.45, 7) is 6.19. The molecule has 2 aromatic rings. The molecule has 20 heavy (non-hydrogen) atoms. The second-order valence-corrected chi connectivity index (χ2v) is 5.83. The smallest absolute Gasteiger partial charge is 0.140 e. The molecule has 5 heteroatoms. The standard InChI is InChI=1S/C15H19ClN4/c1-10-9-13(16)3-4-14(10)20-11(2)18-19-15(20)12-5-7-17-8-6-12/h3-4,9,12,17H,5-8H2,1-2H3. The van der Waals surface area contributed by atoms with E-state index in [1.165, 1.54) is 0 Å². The molecule has 0 atom stereocenters. The summed E-state index contributed by atoms with van der Waals surface area (Å²) < 4.78 is 2.18. The number of aryl methyl sites for hydroxylation is 2. The number of piperidine rings is 1. The number of nitrogens with zero attached hydrogens (tertiary/aromatic N) is 3. The van der Waals surface area contributed by atoms with Crippen molar-refractivity contribution < 1.29 is 0 Å². The van der Waals surface area contributed by atoms with Gasteiger partial charge in [-0.15, -0.1) is 10.2 Å². The number of hydrogen-bond acceptors (Lipinski definition) is 3. The molecular weight excluding hydrogens is 272 g/mol. The van der Waals surface area contributed by atoms with Crippen LogP contribution >= 0.6 is 11.6 Å². The lowest BCUT2D eigenvalue weighted by Gasteiger charge is -2.23. The van der Waals surface area contributed by atoms with E-state index in [1.54, 1.807) is 0 Å². The summed E-state index contributed by atoms with van der Waals surface area (Å²) in [5.74, 6) is 2.49. The van der Waals surface area contributed by atoms with Gasteiger partial charge in [0.1, 0.15) is 11.6 Å². The molecule has 0 unspecified atom stereocenters. The van der Waals surface area contributed by atoms with Gasteiger partial charge in [-0.1, -0.05) is 11.6 Å². The Hall–Kier alpha value is -1.39. The first-order chi connectivity index (χ1) is 9.66. The molecule has 0 bridgehead atoms. The fraction of sp³-hybridized carbons (Fsp3) is 0.467. The maximum atomic E-state index is 6.06. The number of hydrogen-bond donors (Lipinski definition) is 1. The van der Waals surface area contributed by atoms with Crippen molar-refractivity contribution in [2.75, 3.05) is 13.1 Å². The summed E-state index contributed by atoms with van der Waals surface area (Å²) in [6.07, 6.45) is 2.23. The highest BCUT2D eigenvalue weighted by atomic mass is 35.5. The molecule has 106 valence electrons. The Bertz CT molecular complexity index is 614. The van der Waals surface area contributed by atoms with Gasteiger partial charge in [0.2, 0.25) is 0 Å². The van der Waals surface area contributed by atoms with Crippen LogP contribution in [0.25, 0.3) is 5.69 Å². The molecule has 1 aromatic heterocycles. The Morgan fingerprint density at radius 1 is 1.20 bits per heavy atom. The average molecular weight is 291 g/mol. The normalized spacial score (nSPS) is 16.6. The average Bonchev–Trinajstić information content (AvgIpc) is 2.82. The van der Waals surface area contributed by atoms with Gasteiger partial charge in [-0.05, 0) is 63.5 Å². The first-order valence-electron chi connectivity index (χ1n) is 7.06. The molecule has 0 aliphatic carbocycles. The summed E-state index contributed by atoms with van der Waals surface area (Å²) in [5, 5.41) is 12.9. The van der Waals surface area contributed by atoms with Crippen LogP contribution in [0.15, 0.2) is 18.2 Å². The Morgan fingerprint density at radius 2 is 1.95 bits per heavy atom. The van der Waals surface area contributed by atoms with E-state index < -0.39 is 0 Å². The van der Waals surface area contributed by atoms with E-state index in [0.717, 1.165) is 53.9 Å². The highest BCUT2D eigenvalue weighted by molar-refractivity contribution is 6.30. The molecule has 1 aliphatic rings. The molecule has 1 aromatic carbocycles. The van der Waals surface area contributed by atoms with E-state index in [0.29, 0.717) is 5.92 Å². The number of halogens is 1. The second kappa shape index (κ2) is 5.54. The SMILES string of the molecule is Cc1cc(Cl)ccc1-n1c(C)nnc1C1CCNCC1. The Morgan fingerprint density at radius 3 is 2.65 bits per heavy atom. The zero-order chi connectivity index (χ0) is 14.1. The molecule has 0 spiro atoms. The quantitative estimate of drug-likeness (QED) is 0.924. The van der Waals surface area contributed by atoms with E-state index >= 15 is 0 Å². The Balaban J connectivity index is 2.06. The van der Waals surface area contributed by atoms with Crippen LogP contribution in [0.1, 0.15) is 36.0 Å². The van der Waals surface area contributed by atoms with Gasteiger partial charge in [0.05, 0.1) is 5.69 Å². The molecule has 1 fully saturated rings. The number of benzene rings is 1. The van der Waals surface area contributed by atoms with E-state index in [4.69, 9.17) is 11.6 Å². The Kier molecular flexibility index (Phi) is 3.76. The summed E-state index contributed by atoms with van der Waals surface area (Å²) >= 11 is 6.06.